The van der Waals surface area contributed by atoms with Gasteiger partial charge in [0.1, 0.15) is 5.82 Å². The Hall–Kier alpha value is -0.830. The van der Waals surface area contributed by atoms with Gasteiger partial charge in [0, 0.05) is 25.5 Å². The topological polar surface area (TPSA) is 27.1 Å². The van der Waals surface area contributed by atoms with Crippen LogP contribution in [0.4, 0.5) is 0 Å². The lowest BCUT2D eigenvalue weighted by Gasteiger charge is -2.24. The first-order valence-corrected chi connectivity index (χ1v) is 6.97. The van der Waals surface area contributed by atoms with Crippen LogP contribution in [0.25, 0.3) is 0 Å². The molecule has 1 aromatic heterocycles. The third kappa shape index (κ3) is 2.25. The first-order chi connectivity index (χ1) is 8.34. The molecule has 0 saturated carbocycles. The minimum absolute atomic E-state index is 0.794. The highest BCUT2D eigenvalue weighted by Crippen LogP contribution is 2.25. The molecule has 1 saturated heterocycles. The molecule has 1 aliphatic heterocycles. The molecule has 1 aromatic rings. The number of aromatic nitrogens is 2. The Kier molecular flexibility index (Phi) is 3.19. The molecule has 2 heterocycles. The molecule has 0 spiro atoms. The van der Waals surface area contributed by atoms with E-state index in [1.54, 1.807) is 0 Å². The van der Waals surface area contributed by atoms with E-state index in [0.29, 0.717) is 0 Å². The molecular weight excluding hydrogens is 212 g/mol. The molecule has 0 N–H and O–H groups in total. The zero-order valence-corrected chi connectivity index (χ0v) is 10.7. The van der Waals surface area contributed by atoms with E-state index >= 15 is 0 Å². The van der Waals surface area contributed by atoms with E-state index in [1.165, 1.54) is 55.7 Å². The van der Waals surface area contributed by atoms with Crippen LogP contribution in [0.5, 0.6) is 0 Å². The minimum atomic E-state index is 0.794. The molecule has 0 amide bonds. The standard InChI is InChI=1S/C14H22N2O/c1-11-15-13-4-2-3-5-14(13)16(11)10-12-6-8-17-9-7-12/h12H,2-10H2,1H3. The van der Waals surface area contributed by atoms with Gasteiger partial charge in [-0.25, -0.2) is 4.98 Å². The van der Waals surface area contributed by atoms with Crippen molar-refractivity contribution in [1.82, 2.24) is 9.55 Å². The van der Waals surface area contributed by atoms with Crippen LogP contribution in [0.3, 0.4) is 0 Å². The largest absolute Gasteiger partial charge is 0.381 e. The molecule has 94 valence electrons. The minimum Gasteiger partial charge on any atom is -0.381 e. The van der Waals surface area contributed by atoms with Crippen LogP contribution >= 0.6 is 0 Å². The highest BCUT2D eigenvalue weighted by Gasteiger charge is 2.21. The monoisotopic (exact) mass is 234 g/mol. The number of hydrogen-bond donors (Lipinski definition) is 0. The lowest BCUT2D eigenvalue weighted by atomic mass is 9.98. The maximum absolute atomic E-state index is 5.44. The summed E-state index contributed by atoms with van der Waals surface area (Å²) in [4.78, 5) is 4.75. The zero-order chi connectivity index (χ0) is 11.7. The Morgan fingerprint density at radius 1 is 1.24 bits per heavy atom. The number of imidazole rings is 1. The van der Waals surface area contributed by atoms with Gasteiger partial charge in [-0.3, -0.25) is 0 Å². The first-order valence-electron chi connectivity index (χ1n) is 6.97. The summed E-state index contributed by atoms with van der Waals surface area (Å²) in [7, 11) is 0. The maximum Gasteiger partial charge on any atom is 0.106 e. The lowest BCUT2D eigenvalue weighted by molar-refractivity contribution is 0.0608. The van der Waals surface area contributed by atoms with Crippen LogP contribution in [-0.4, -0.2) is 22.8 Å². The van der Waals surface area contributed by atoms with Crippen LogP contribution in [-0.2, 0) is 24.1 Å². The molecule has 0 unspecified atom stereocenters. The fraction of sp³-hybridized carbons (Fsp3) is 0.786. The van der Waals surface area contributed by atoms with Gasteiger partial charge < -0.3 is 9.30 Å². The fourth-order valence-electron chi connectivity index (χ4n) is 3.17. The second kappa shape index (κ2) is 4.81. The maximum atomic E-state index is 5.44. The van der Waals surface area contributed by atoms with E-state index in [1.807, 2.05) is 0 Å². The highest BCUT2D eigenvalue weighted by atomic mass is 16.5. The summed E-state index contributed by atoms with van der Waals surface area (Å²) < 4.78 is 7.93. The number of aryl methyl sites for hydroxylation is 2. The molecular formula is C14H22N2O. The van der Waals surface area contributed by atoms with E-state index in [4.69, 9.17) is 9.72 Å². The highest BCUT2D eigenvalue weighted by molar-refractivity contribution is 5.19. The van der Waals surface area contributed by atoms with E-state index in [-0.39, 0.29) is 0 Å². The van der Waals surface area contributed by atoms with Gasteiger partial charge in [-0.2, -0.15) is 0 Å². The van der Waals surface area contributed by atoms with Crippen LogP contribution in [0.15, 0.2) is 0 Å². The molecule has 3 rings (SSSR count). The zero-order valence-electron chi connectivity index (χ0n) is 10.7. The molecule has 0 bridgehead atoms. The SMILES string of the molecule is Cc1nc2c(n1CC1CCOCC1)CCCC2. The van der Waals surface area contributed by atoms with Gasteiger partial charge in [0.05, 0.1) is 5.69 Å². The van der Waals surface area contributed by atoms with E-state index < -0.39 is 0 Å². The summed E-state index contributed by atoms with van der Waals surface area (Å²) in [5.41, 5.74) is 2.90. The third-order valence-corrected chi connectivity index (χ3v) is 4.21. The smallest absolute Gasteiger partial charge is 0.106 e. The van der Waals surface area contributed by atoms with Gasteiger partial charge in [0.15, 0.2) is 0 Å². The Labute approximate surface area is 103 Å². The van der Waals surface area contributed by atoms with Crippen molar-refractivity contribution in [2.45, 2.75) is 52.0 Å². The molecule has 0 aromatic carbocycles. The number of hydrogen-bond acceptors (Lipinski definition) is 2. The summed E-state index contributed by atoms with van der Waals surface area (Å²) >= 11 is 0. The van der Waals surface area contributed by atoms with Crippen molar-refractivity contribution in [3.63, 3.8) is 0 Å². The second-order valence-electron chi connectivity index (χ2n) is 5.43. The van der Waals surface area contributed by atoms with Crippen LogP contribution in [0.1, 0.15) is 42.9 Å². The second-order valence-corrected chi connectivity index (χ2v) is 5.43. The van der Waals surface area contributed by atoms with Crippen molar-refractivity contribution in [3.8, 4) is 0 Å². The number of fused-ring (bicyclic) bond motifs is 1. The van der Waals surface area contributed by atoms with Gasteiger partial charge in [-0.05, 0) is 51.4 Å². The summed E-state index contributed by atoms with van der Waals surface area (Å²) in [6.07, 6.45) is 7.52. The van der Waals surface area contributed by atoms with Crippen LogP contribution in [0.2, 0.25) is 0 Å². The number of ether oxygens (including phenoxy) is 1. The van der Waals surface area contributed by atoms with Crippen LogP contribution in [0, 0.1) is 12.8 Å². The molecule has 17 heavy (non-hydrogen) atoms. The van der Waals surface area contributed by atoms with Gasteiger partial charge in [0.25, 0.3) is 0 Å². The Bertz CT molecular complexity index is 391. The molecule has 1 aliphatic carbocycles. The molecule has 0 atom stereocenters. The normalized spacial score (nSPS) is 21.5. The Morgan fingerprint density at radius 2 is 2.00 bits per heavy atom. The van der Waals surface area contributed by atoms with Crippen molar-refractivity contribution in [2.75, 3.05) is 13.2 Å². The molecule has 1 fully saturated rings. The average Bonchev–Trinajstić information content (AvgIpc) is 2.68. The fourth-order valence-corrected chi connectivity index (χ4v) is 3.17. The van der Waals surface area contributed by atoms with Gasteiger partial charge in [0.2, 0.25) is 0 Å². The molecule has 3 nitrogen and oxygen atoms in total. The summed E-state index contributed by atoms with van der Waals surface area (Å²) in [5.74, 6) is 2.02. The Morgan fingerprint density at radius 3 is 2.82 bits per heavy atom. The van der Waals surface area contributed by atoms with Gasteiger partial charge in [-0.1, -0.05) is 0 Å². The van der Waals surface area contributed by atoms with E-state index in [9.17, 15) is 0 Å². The van der Waals surface area contributed by atoms with E-state index in [2.05, 4.69) is 11.5 Å². The molecule has 3 heteroatoms. The predicted octanol–water partition coefficient (Wildman–Crippen LogP) is 2.50. The molecule has 2 aliphatic rings. The van der Waals surface area contributed by atoms with Crippen molar-refractivity contribution in [2.24, 2.45) is 5.92 Å². The quantitative estimate of drug-likeness (QED) is 0.786. The lowest BCUT2D eigenvalue weighted by Crippen LogP contribution is -2.22. The van der Waals surface area contributed by atoms with Crippen LogP contribution < -0.4 is 0 Å². The van der Waals surface area contributed by atoms with Crippen molar-refractivity contribution < 1.29 is 4.74 Å². The summed E-state index contributed by atoms with van der Waals surface area (Å²) in [6.45, 7) is 5.22. The average molecular weight is 234 g/mol. The van der Waals surface area contributed by atoms with Gasteiger partial charge >= 0.3 is 0 Å². The van der Waals surface area contributed by atoms with E-state index in [0.717, 1.165) is 25.7 Å². The molecule has 0 radical (unpaired) electrons. The number of nitrogens with zero attached hydrogens (tertiary/aromatic N) is 2. The summed E-state index contributed by atoms with van der Waals surface area (Å²) in [6, 6.07) is 0. The van der Waals surface area contributed by atoms with Crippen molar-refractivity contribution >= 4 is 0 Å². The van der Waals surface area contributed by atoms with Crippen molar-refractivity contribution in [1.29, 1.82) is 0 Å². The number of rotatable bonds is 2. The first kappa shape index (κ1) is 11.3. The third-order valence-electron chi connectivity index (χ3n) is 4.21. The summed E-state index contributed by atoms with van der Waals surface area (Å²) in [5, 5.41) is 0. The van der Waals surface area contributed by atoms with Gasteiger partial charge in [-0.15, -0.1) is 0 Å². The Balaban J connectivity index is 1.79. The predicted molar refractivity (Wildman–Crippen MR) is 67.1 cm³/mol. The van der Waals surface area contributed by atoms with Crippen molar-refractivity contribution in [3.05, 3.63) is 17.2 Å².